The molecule has 0 bridgehead atoms. The molecule has 1 heterocycles. The first kappa shape index (κ1) is 13.8. The number of carbonyl (C=O) groups is 1. The topological polar surface area (TPSA) is 59.4 Å². The smallest absolute Gasteiger partial charge is 0.306 e. The number of pyridine rings is 1. The van der Waals surface area contributed by atoms with E-state index in [1.54, 1.807) is 7.11 Å². The van der Waals surface area contributed by atoms with Gasteiger partial charge >= 0.3 is 5.97 Å². The van der Waals surface area contributed by atoms with Crippen molar-refractivity contribution in [1.29, 1.82) is 0 Å². The molecule has 1 aliphatic carbocycles. The minimum absolute atomic E-state index is 0.256. The van der Waals surface area contributed by atoms with Crippen LogP contribution in [0.4, 0.5) is 0 Å². The van der Waals surface area contributed by atoms with E-state index in [0.29, 0.717) is 11.8 Å². The minimum Gasteiger partial charge on any atom is -0.481 e. The minimum atomic E-state index is -0.682. The summed E-state index contributed by atoms with van der Waals surface area (Å²) in [5.74, 6) is 0.389. The molecule has 1 aromatic rings. The Morgan fingerprint density at radius 3 is 2.84 bits per heavy atom. The molecule has 0 saturated heterocycles. The van der Waals surface area contributed by atoms with Gasteiger partial charge in [-0.25, -0.2) is 4.98 Å². The van der Waals surface area contributed by atoms with E-state index in [-0.39, 0.29) is 11.8 Å². The maximum atomic E-state index is 11.1. The quantitative estimate of drug-likeness (QED) is 0.906. The average Bonchev–Trinajstić information content (AvgIpc) is 2.46. The molecule has 1 fully saturated rings. The Labute approximate surface area is 113 Å². The molecule has 1 aromatic heterocycles. The van der Waals surface area contributed by atoms with Crippen LogP contribution in [0.2, 0.25) is 0 Å². The van der Waals surface area contributed by atoms with Crippen LogP contribution in [0.3, 0.4) is 0 Å². The molecule has 19 heavy (non-hydrogen) atoms. The highest BCUT2D eigenvalue weighted by molar-refractivity contribution is 5.69. The van der Waals surface area contributed by atoms with Crippen molar-refractivity contribution >= 4 is 5.97 Å². The average molecular weight is 263 g/mol. The highest BCUT2D eigenvalue weighted by Crippen LogP contribution is 2.39. The predicted octanol–water partition coefficient (Wildman–Crippen LogP) is 3.08. The van der Waals surface area contributed by atoms with Crippen LogP contribution in [0.1, 0.15) is 44.1 Å². The zero-order valence-corrected chi connectivity index (χ0v) is 11.5. The Balaban J connectivity index is 2.05. The molecule has 1 aliphatic rings. The number of nitrogens with zero attached hydrogens (tertiary/aromatic N) is 1. The van der Waals surface area contributed by atoms with Gasteiger partial charge in [-0.15, -0.1) is 0 Å². The fourth-order valence-electron chi connectivity index (χ4n) is 2.94. The van der Waals surface area contributed by atoms with E-state index in [1.165, 1.54) is 5.56 Å². The van der Waals surface area contributed by atoms with E-state index in [9.17, 15) is 4.79 Å². The number of hydrogen-bond donors (Lipinski definition) is 1. The lowest BCUT2D eigenvalue weighted by Gasteiger charge is -2.31. The summed E-state index contributed by atoms with van der Waals surface area (Å²) in [4.78, 5) is 15.3. The van der Waals surface area contributed by atoms with E-state index in [4.69, 9.17) is 9.84 Å². The zero-order chi connectivity index (χ0) is 13.8. The molecule has 4 heteroatoms. The first-order valence-corrected chi connectivity index (χ1v) is 6.84. The van der Waals surface area contributed by atoms with Gasteiger partial charge in [0.15, 0.2) is 0 Å². The third-order valence-electron chi connectivity index (χ3n) is 4.25. The van der Waals surface area contributed by atoms with E-state index in [0.717, 1.165) is 25.7 Å². The number of aromatic nitrogens is 1. The van der Waals surface area contributed by atoms with Gasteiger partial charge in [0.1, 0.15) is 0 Å². The van der Waals surface area contributed by atoms with E-state index >= 15 is 0 Å². The number of hydrogen-bond acceptors (Lipinski definition) is 3. The van der Waals surface area contributed by atoms with Crippen LogP contribution in [0.25, 0.3) is 0 Å². The second-order valence-electron chi connectivity index (χ2n) is 5.38. The van der Waals surface area contributed by atoms with Crippen molar-refractivity contribution in [3.8, 4) is 5.88 Å². The number of rotatable bonds is 4. The van der Waals surface area contributed by atoms with Gasteiger partial charge in [0.05, 0.1) is 13.0 Å². The summed E-state index contributed by atoms with van der Waals surface area (Å²) in [6, 6.07) is 3.92. The number of ether oxygens (including phenoxy) is 1. The van der Waals surface area contributed by atoms with Gasteiger partial charge in [0.2, 0.25) is 5.88 Å². The lowest BCUT2D eigenvalue weighted by atomic mass is 9.73. The molecule has 4 nitrogen and oxygen atoms in total. The highest BCUT2D eigenvalue weighted by atomic mass is 16.5. The van der Waals surface area contributed by atoms with E-state index in [2.05, 4.69) is 4.98 Å². The second kappa shape index (κ2) is 6.04. The third kappa shape index (κ3) is 3.25. The molecule has 0 aliphatic heterocycles. The van der Waals surface area contributed by atoms with E-state index < -0.39 is 5.97 Å². The SMILES string of the molecule is COc1ccc([C@@H]2CCCC(C(C)C(=O)O)C2)cn1. The normalized spacial score (nSPS) is 24.7. The van der Waals surface area contributed by atoms with Crippen LogP contribution in [0, 0.1) is 11.8 Å². The second-order valence-corrected chi connectivity index (χ2v) is 5.38. The number of carboxylic acids is 1. The Bertz CT molecular complexity index is 430. The number of methoxy groups -OCH3 is 1. The molecule has 0 spiro atoms. The van der Waals surface area contributed by atoms with Gasteiger partial charge in [-0.2, -0.15) is 0 Å². The summed E-state index contributed by atoms with van der Waals surface area (Å²) < 4.78 is 5.06. The van der Waals surface area contributed by atoms with E-state index in [1.807, 2.05) is 25.3 Å². The first-order chi connectivity index (χ1) is 9.11. The van der Waals surface area contributed by atoms with Crippen molar-refractivity contribution < 1.29 is 14.6 Å². The third-order valence-corrected chi connectivity index (χ3v) is 4.25. The van der Waals surface area contributed by atoms with Gasteiger partial charge in [0, 0.05) is 12.3 Å². The fourth-order valence-corrected chi connectivity index (χ4v) is 2.94. The van der Waals surface area contributed by atoms with Gasteiger partial charge in [-0.3, -0.25) is 4.79 Å². The highest BCUT2D eigenvalue weighted by Gasteiger charge is 2.30. The standard InChI is InChI=1S/C15H21NO3/c1-10(15(17)18)11-4-3-5-12(8-11)13-6-7-14(19-2)16-9-13/h6-7,9-12H,3-5,8H2,1-2H3,(H,17,18)/t10?,11?,12-/m1/s1. The monoisotopic (exact) mass is 263 g/mol. The molecule has 1 saturated carbocycles. The summed E-state index contributed by atoms with van der Waals surface area (Å²) >= 11 is 0. The summed E-state index contributed by atoms with van der Waals surface area (Å²) in [5, 5.41) is 9.13. The summed E-state index contributed by atoms with van der Waals surface area (Å²) in [5.41, 5.74) is 1.20. The van der Waals surface area contributed by atoms with Gasteiger partial charge in [-0.1, -0.05) is 19.4 Å². The first-order valence-electron chi connectivity index (χ1n) is 6.84. The molecule has 3 atom stereocenters. The van der Waals surface area contributed by atoms with Gasteiger partial charge < -0.3 is 9.84 Å². The molecule has 2 unspecified atom stereocenters. The van der Waals surface area contributed by atoms with Crippen LogP contribution < -0.4 is 4.74 Å². The van der Waals surface area contributed by atoms with Crippen molar-refractivity contribution in [2.75, 3.05) is 7.11 Å². The molecular formula is C15H21NO3. The van der Waals surface area contributed by atoms with Crippen molar-refractivity contribution in [1.82, 2.24) is 4.98 Å². The maximum absolute atomic E-state index is 11.1. The largest absolute Gasteiger partial charge is 0.481 e. The molecule has 104 valence electrons. The maximum Gasteiger partial charge on any atom is 0.306 e. The lowest BCUT2D eigenvalue weighted by Crippen LogP contribution is -2.25. The Morgan fingerprint density at radius 1 is 1.47 bits per heavy atom. The Morgan fingerprint density at radius 2 is 2.26 bits per heavy atom. The zero-order valence-electron chi connectivity index (χ0n) is 11.5. The summed E-state index contributed by atoms with van der Waals surface area (Å²) in [6.45, 7) is 1.82. The van der Waals surface area contributed by atoms with Crippen molar-refractivity contribution in [2.45, 2.75) is 38.5 Å². The van der Waals surface area contributed by atoms with Gasteiger partial charge in [-0.05, 0) is 36.7 Å². The fraction of sp³-hybridized carbons (Fsp3) is 0.600. The molecule has 0 aromatic carbocycles. The molecule has 2 rings (SSSR count). The van der Waals surface area contributed by atoms with Crippen LogP contribution in [-0.4, -0.2) is 23.2 Å². The van der Waals surface area contributed by atoms with Crippen molar-refractivity contribution in [3.63, 3.8) is 0 Å². The van der Waals surface area contributed by atoms with Crippen molar-refractivity contribution in [3.05, 3.63) is 23.9 Å². The summed E-state index contributed by atoms with van der Waals surface area (Å²) in [7, 11) is 1.60. The van der Waals surface area contributed by atoms with Gasteiger partial charge in [0.25, 0.3) is 0 Å². The Kier molecular flexibility index (Phi) is 4.40. The van der Waals surface area contributed by atoms with Crippen LogP contribution in [-0.2, 0) is 4.79 Å². The molecule has 1 N–H and O–H groups in total. The van der Waals surface area contributed by atoms with Crippen LogP contribution in [0.5, 0.6) is 5.88 Å². The molecule has 0 amide bonds. The Hall–Kier alpha value is -1.58. The van der Waals surface area contributed by atoms with Crippen LogP contribution >= 0.6 is 0 Å². The van der Waals surface area contributed by atoms with Crippen molar-refractivity contribution in [2.24, 2.45) is 11.8 Å². The molecule has 0 radical (unpaired) electrons. The van der Waals surface area contributed by atoms with Crippen LogP contribution in [0.15, 0.2) is 18.3 Å². The predicted molar refractivity (Wildman–Crippen MR) is 72.3 cm³/mol. The number of carboxylic acid groups (broad SMARTS) is 1. The lowest BCUT2D eigenvalue weighted by molar-refractivity contribution is -0.143. The number of aliphatic carboxylic acids is 1. The molecular weight excluding hydrogens is 242 g/mol. The summed E-state index contributed by atoms with van der Waals surface area (Å²) in [6.07, 6.45) is 6.04.